The zero-order valence-corrected chi connectivity index (χ0v) is 16.0. The molecule has 2 heterocycles. The molecule has 0 atom stereocenters. The fourth-order valence-corrected chi connectivity index (χ4v) is 3.27. The molecule has 0 aliphatic heterocycles. The zero-order valence-electron chi connectivity index (χ0n) is 15.2. The Morgan fingerprint density at radius 2 is 2.12 bits per heavy atom. The maximum atomic E-state index is 12.4. The molecule has 0 saturated carbocycles. The predicted molar refractivity (Wildman–Crippen MR) is 103 cm³/mol. The summed E-state index contributed by atoms with van der Waals surface area (Å²) >= 11 is 1.19. The highest BCUT2D eigenvalue weighted by Crippen LogP contribution is 2.21. The Bertz CT molecular complexity index is 1020. The Morgan fingerprint density at radius 3 is 2.85 bits per heavy atom. The number of carbonyl (C=O) groups is 1. The number of rotatable bonds is 5. The number of thioether (sulfide) groups is 1. The molecule has 0 fully saturated rings. The molecular formula is C18H21N5O2S. The van der Waals surface area contributed by atoms with E-state index in [1.807, 2.05) is 45.9 Å². The van der Waals surface area contributed by atoms with Gasteiger partial charge in [-0.3, -0.25) is 9.59 Å². The van der Waals surface area contributed by atoms with E-state index >= 15 is 0 Å². The molecule has 0 bridgehead atoms. The summed E-state index contributed by atoms with van der Waals surface area (Å²) in [5, 5.41) is 7.98. The Morgan fingerprint density at radius 1 is 1.35 bits per heavy atom. The Balaban J connectivity index is 1.98. The first-order valence-electron chi connectivity index (χ1n) is 8.33. The maximum absolute atomic E-state index is 12.4. The topological polar surface area (TPSA) is 92.7 Å². The molecule has 3 aromatic rings. The molecule has 136 valence electrons. The standard InChI is InChI=1S/C18H21N5O2S/c1-10(2)20-15(24)9-26-18-21-16-13(17(25)22-18)8-19-23(16)14-7-5-6-11(3)12(14)4/h5-8,10H,9H2,1-4H3,(H,20,24)(H,21,22,25). The third kappa shape index (κ3) is 3.65. The molecule has 0 aliphatic rings. The van der Waals surface area contributed by atoms with Crippen LogP contribution < -0.4 is 10.9 Å². The van der Waals surface area contributed by atoms with E-state index in [0.29, 0.717) is 16.2 Å². The Kier molecular flexibility index (Phi) is 5.13. The molecule has 7 nitrogen and oxygen atoms in total. The summed E-state index contributed by atoms with van der Waals surface area (Å²) in [6, 6.07) is 5.99. The number of H-pyrrole nitrogens is 1. The van der Waals surface area contributed by atoms with E-state index in [0.717, 1.165) is 16.8 Å². The number of amides is 1. The Hall–Kier alpha value is -2.61. The monoisotopic (exact) mass is 371 g/mol. The lowest BCUT2D eigenvalue weighted by atomic mass is 10.1. The largest absolute Gasteiger partial charge is 0.353 e. The molecule has 0 saturated heterocycles. The van der Waals surface area contributed by atoms with Crippen molar-refractivity contribution in [3.05, 3.63) is 45.9 Å². The van der Waals surface area contributed by atoms with Crippen LogP contribution in [0.15, 0.2) is 34.3 Å². The summed E-state index contributed by atoms with van der Waals surface area (Å²) in [7, 11) is 0. The molecule has 0 unspecified atom stereocenters. The third-order valence-corrected chi connectivity index (χ3v) is 4.88. The smallest absolute Gasteiger partial charge is 0.262 e. The van der Waals surface area contributed by atoms with Crippen molar-refractivity contribution < 1.29 is 4.79 Å². The van der Waals surface area contributed by atoms with Crippen LogP contribution in [0.25, 0.3) is 16.7 Å². The van der Waals surface area contributed by atoms with Crippen LogP contribution in [-0.4, -0.2) is 37.5 Å². The van der Waals surface area contributed by atoms with Crippen molar-refractivity contribution in [2.24, 2.45) is 0 Å². The molecule has 2 aromatic heterocycles. The minimum absolute atomic E-state index is 0.0725. The first kappa shape index (κ1) is 18.2. The quantitative estimate of drug-likeness (QED) is 0.530. The molecule has 2 N–H and O–H groups in total. The average molecular weight is 371 g/mol. The van der Waals surface area contributed by atoms with Gasteiger partial charge in [-0.15, -0.1) is 0 Å². The second-order valence-corrected chi connectivity index (χ2v) is 7.36. The number of fused-ring (bicyclic) bond motifs is 1. The number of aromatic nitrogens is 4. The molecule has 8 heteroatoms. The van der Waals surface area contributed by atoms with Crippen molar-refractivity contribution in [1.29, 1.82) is 0 Å². The molecular weight excluding hydrogens is 350 g/mol. The summed E-state index contributed by atoms with van der Waals surface area (Å²) in [6.07, 6.45) is 1.52. The number of benzene rings is 1. The van der Waals surface area contributed by atoms with E-state index in [1.165, 1.54) is 18.0 Å². The highest BCUT2D eigenvalue weighted by molar-refractivity contribution is 7.99. The van der Waals surface area contributed by atoms with E-state index in [1.54, 1.807) is 4.68 Å². The van der Waals surface area contributed by atoms with Gasteiger partial charge in [0.2, 0.25) is 5.91 Å². The van der Waals surface area contributed by atoms with Gasteiger partial charge in [0.1, 0.15) is 5.39 Å². The normalized spacial score (nSPS) is 11.3. The predicted octanol–water partition coefficient (Wildman–Crippen LogP) is 2.34. The number of aromatic amines is 1. The molecule has 0 radical (unpaired) electrons. The lowest BCUT2D eigenvalue weighted by Crippen LogP contribution is -2.31. The van der Waals surface area contributed by atoms with Gasteiger partial charge in [0.15, 0.2) is 10.8 Å². The third-order valence-electron chi connectivity index (χ3n) is 4.01. The lowest BCUT2D eigenvalue weighted by molar-refractivity contribution is -0.119. The van der Waals surface area contributed by atoms with Gasteiger partial charge in [0.25, 0.3) is 5.56 Å². The van der Waals surface area contributed by atoms with Crippen molar-refractivity contribution in [3.63, 3.8) is 0 Å². The van der Waals surface area contributed by atoms with Gasteiger partial charge in [0.05, 0.1) is 17.6 Å². The molecule has 1 aromatic carbocycles. The SMILES string of the molecule is Cc1cccc(-n2ncc3c(=O)[nH]c(SCC(=O)NC(C)C)nc32)c1C. The first-order chi connectivity index (χ1) is 12.4. The summed E-state index contributed by atoms with van der Waals surface area (Å²) in [5.74, 6) is 0.0836. The van der Waals surface area contributed by atoms with Crippen molar-refractivity contribution in [3.8, 4) is 5.69 Å². The molecule has 0 aliphatic carbocycles. The van der Waals surface area contributed by atoms with E-state index in [2.05, 4.69) is 20.4 Å². The highest BCUT2D eigenvalue weighted by atomic mass is 32.2. The van der Waals surface area contributed by atoms with E-state index in [4.69, 9.17) is 0 Å². The summed E-state index contributed by atoms with van der Waals surface area (Å²) < 4.78 is 1.67. The zero-order chi connectivity index (χ0) is 18.8. The number of hydrogen-bond donors (Lipinski definition) is 2. The van der Waals surface area contributed by atoms with Crippen LogP contribution in [-0.2, 0) is 4.79 Å². The van der Waals surface area contributed by atoms with Gasteiger partial charge < -0.3 is 10.3 Å². The fraction of sp³-hybridized carbons (Fsp3) is 0.333. The van der Waals surface area contributed by atoms with E-state index in [-0.39, 0.29) is 23.3 Å². The maximum Gasteiger partial charge on any atom is 0.262 e. The number of nitrogens with zero attached hydrogens (tertiary/aromatic N) is 3. The van der Waals surface area contributed by atoms with Crippen LogP contribution in [0.5, 0.6) is 0 Å². The second-order valence-electron chi connectivity index (χ2n) is 6.39. The van der Waals surface area contributed by atoms with Crippen LogP contribution in [0.4, 0.5) is 0 Å². The molecule has 26 heavy (non-hydrogen) atoms. The second kappa shape index (κ2) is 7.33. The lowest BCUT2D eigenvalue weighted by Gasteiger charge is -2.10. The van der Waals surface area contributed by atoms with Gasteiger partial charge in [-0.05, 0) is 44.9 Å². The van der Waals surface area contributed by atoms with Crippen molar-refractivity contribution in [1.82, 2.24) is 25.1 Å². The van der Waals surface area contributed by atoms with Gasteiger partial charge in [-0.2, -0.15) is 5.10 Å². The molecule has 1 amide bonds. The minimum atomic E-state index is -0.265. The summed E-state index contributed by atoms with van der Waals surface area (Å²) in [6.45, 7) is 7.84. The first-order valence-corrected chi connectivity index (χ1v) is 9.32. The van der Waals surface area contributed by atoms with Crippen molar-refractivity contribution >= 4 is 28.7 Å². The number of carbonyl (C=O) groups excluding carboxylic acids is 1. The number of nitrogens with one attached hydrogen (secondary N) is 2. The summed E-state index contributed by atoms with van der Waals surface area (Å²) in [5.41, 5.74) is 3.31. The van der Waals surface area contributed by atoms with Crippen LogP contribution in [0.1, 0.15) is 25.0 Å². The van der Waals surface area contributed by atoms with E-state index < -0.39 is 0 Å². The van der Waals surface area contributed by atoms with Crippen LogP contribution in [0.3, 0.4) is 0 Å². The van der Waals surface area contributed by atoms with Gasteiger partial charge in [-0.25, -0.2) is 9.67 Å². The minimum Gasteiger partial charge on any atom is -0.353 e. The van der Waals surface area contributed by atoms with Gasteiger partial charge in [-0.1, -0.05) is 23.9 Å². The van der Waals surface area contributed by atoms with Gasteiger partial charge in [0, 0.05) is 6.04 Å². The molecule has 0 spiro atoms. The summed E-state index contributed by atoms with van der Waals surface area (Å²) in [4.78, 5) is 31.4. The highest BCUT2D eigenvalue weighted by Gasteiger charge is 2.14. The van der Waals surface area contributed by atoms with Crippen molar-refractivity contribution in [2.75, 3.05) is 5.75 Å². The number of hydrogen-bond acceptors (Lipinski definition) is 5. The van der Waals surface area contributed by atoms with Crippen LogP contribution in [0.2, 0.25) is 0 Å². The van der Waals surface area contributed by atoms with Gasteiger partial charge >= 0.3 is 0 Å². The van der Waals surface area contributed by atoms with Crippen LogP contribution in [0, 0.1) is 13.8 Å². The van der Waals surface area contributed by atoms with Crippen molar-refractivity contribution in [2.45, 2.75) is 38.9 Å². The number of aryl methyl sites for hydroxylation is 1. The Labute approximate surface area is 155 Å². The molecule has 3 rings (SSSR count). The van der Waals surface area contributed by atoms with Crippen LogP contribution >= 0.6 is 11.8 Å². The fourth-order valence-electron chi connectivity index (χ4n) is 2.61. The van der Waals surface area contributed by atoms with E-state index in [9.17, 15) is 9.59 Å². The average Bonchev–Trinajstić information content (AvgIpc) is 2.99.